The first kappa shape index (κ1) is 17.9. The third kappa shape index (κ3) is 5.33. The van der Waals surface area contributed by atoms with E-state index in [1.165, 1.54) is 0 Å². The van der Waals surface area contributed by atoms with Crippen LogP contribution < -0.4 is 16.2 Å². The molecule has 0 aromatic heterocycles. The van der Waals surface area contributed by atoms with Crippen molar-refractivity contribution in [2.24, 2.45) is 0 Å². The normalized spacial score (nSPS) is 9.92. The first-order valence-corrected chi connectivity index (χ1v) is 7.94. The Morgan fingerprint density at radius 2 is 1.71 bits per heavy atom. The van der Waals surface area contributed by atoms with Crippen LogP contribution in [0.25, 0.3) is 0 Å². The molecular weight excluding hydrogens is 346 g/mol. The second-order valence-corrected chi connectivity index (χ2v) is 5.92. The van der Waals surface area contributed by atoms with Gasteiger partial charge in [0.15, 0.2) is 5.11 Å². The van der Waals surface area contributed by atoms with E-state index in [4.69, 9.17) is 23.8 Å². The Balaban J connectivity index is 1.80. The van der Waals surface area contributed by atoms with E-state index in [1.807, 2.05) is 19.1 Å². The number of halogens is 1. The van der Waals surface area contributed by atoms with Crippen molar-refractivity contribution in [2.45, 2.75) is 13.3 Å². The van der Waals surface area contributed by atoms with Crippen LogP contribution >= 0.6 is 23.8 Å². The summed E-state index contributed by atoms with van der Waals surface area (Å²) in [5, 5.41) is 3.14. The van der Waals surface area contributed by atoms with Gasteiger partial charge in [0, 0.05) is 10.6 Å². The monoisotopic (exact) mass is 361 g/mol. The van der Waals surface area contributed by atoms with Gasteiger partial charge in [-0.25, -0.2) is 0 Å². The van der Waals surface area contributed by atoms with Crippen molar-refractivity contribution in [3.8, 4) is 0 Å². The highest BCUT2D eigenvalue weighted by atomic mass is 35.5. The molecule has 2 amide bonds. The van der Waals surface area contributed by atoms with Gasteiger partial charge in [-0.3, -0.25) is 25.8 Å². The van der Waals surface area contributed by atoms with E-state index in [1.54, 1.807) is 36.4 Å². The molecule has 0 saturated carbocycles. The second kappa shape index (κ2) is 8.42. The molecule has 0 aliphatic rings. The topological polar surface area (TPSA) is 70.2 Å². The van der Waals surface area contributed by atoms with Crippen molar-refractivity contribution in [1.82, 2.24) is 16.2 Å². The molecule has 2 aromatic carbocycles. The minimum absolute atomic E-state index is 0.0210. The van der Waals surface area contributed by atoms with Crippen LogP contribution in [0.5, 0.6) is 0 Å². The van der Waals surface area contributed by atoms with E-state index in [0.29, 0.717) is 10.6 Å². The molecule has 0 radical (unpaired) electrons. The Hall–Kier alpha value is -2.44. The fourth-order valence-electron chi connectivity index (χ4n) is 1.99. The van der Waals surface area contributed by atoms with Gasteiger partial charge in [0.25, 0.3) is 5.91 Å². The molecule has 0 aliphatic heterocycles. The molecule has 0 atom stereocenters. The van der Waals surface area contributed by atoms with Gasteiger partial charge in [-0.1, -0.05) is 41.9 Å². The Kier molecular flexibility index (Phi) is 6.28. The minimum atomic E-state index is -0.336. The van der Waals surface area contributed by atoms with E-state index in [2.05, 4.69) is 16.2 Å². The molecule has 5 nitrogen and oxygen atoms in total. The van der Waals surface area contributed by atoms with E-state index >= 15 is 0 Å². The molecule has 2 rings (SSSR count). The zero-order valence-electron chi connectivity index (χ0n) is 12.9. The largest absolute Gasteiger partial charge is 0.298 e. The predicted octanol–water partition coefficient (Wildman–Crippen LogP) is 2.53. The van der Waals surface area contributed by atoms with Gasteiger partial charge in [0.2, 0.25) is 5.91 Å². The minimum Gasteiger partial charge on any atom is -0.298 e. The number of rotatable bonds is 3. The summed E-state index contributed by atoms with van der Waals surface area (Å²) >= 11 is 10.8. The number of hydrogen-bond donors (Lipinski definition) is 3. The predicted molar refractivity (Wildman–Crippen MR) is 97.7 cm³/mol. The number of thiocarbonyl (C=S) groups is 1. The molecule has 0 aliphatic carbocycles. The third-order valence-electron chi connectivity index (χ3n) is 3.21. The smallest absolute Gasteiger partial charge is 0.257 e. The number of amides is 2. The number of aryl methyl sites for hydroxylation is 1. The lowest BCUT2D eigenvalue weighted by molar-refractivity contribution is -0.121. The first-order chi connectivity index (χ1) is 11.5. The first-order valence-electron chi connectivity index (χ1n) is 7.16. The van der Waals surface area contributed by atoms with Crippen LogP contribution in [0.1, 0.15) is 21.5 Å². The number of nitrogens with one attached hydrogen (secondary N) is 3. The zero-order valence-corrected chi connectivity index (χ0v) is 14.5. The molecule has 2 aromatic rings. The molecular formula is C17H16ClN3O2S. The van der Waals surface area contributed by atoms with Gasteiger partial charge in [-0.15, -0.1) is 0 Å². The van der Waals surface area contributed by atoms with Crippen molar-refractivity contribution in [1.29, 1.82) is 0 Å². The van der Waals surface area contributed by atoms with Gasteiger partial charge in [0.05, 0.1) is 6.42 Å². The fraction of sp³-hybridized carbons (Fsp3) is 0.118. The van der Waals surface area contributed by atoms with E-state index in [9.17, 15) is 9.59 Å². The third-order valence-corrected chi connectivity index (χ3v) is 3.67. The van der Waals surface area contributed by atoms with Gasteiger partial charge in [-0.05, 0) is 48.5 Å². The highest BCUT2D eigenvalue weighted by molar-refractivity contribution is 7.80. The lowest BCUT2D eigenvalue weighted by atomic mass is 10.1. The Bertz CT molecular complexity index is 763. The Labute approximate surface area is 150 Å². The van der Waals surface area contributed by atoms with Crippen LogP contribution in [0.3, 0.4) is 0 Å². The summed E-state index contributed by atoms with van der Waals surface area (Å²) in [5.41, 5.74) is 7.12. The lowest BCUT2D eigenvalue weighted by Gasteiger charge is -2.11. The van der Waals surface area contributed by atoms with E-state index < -0.39 is 0 Å². The standard InChI is InChI=1S/C17H16ClN3O2S/c1-11-4-2-3-5-14(11)16(23)19-17(24)21-20-15(22)10-12-6-8-13(18)9-7-12/h2-9H,10H2,1H3,(H,20,22)(H2,19,21,23,24). The number of hydrazine groups is 1. The molecule has 0 heterocycles. The van der Waals surface area contributed by atoms with Crippen LogP contribution in [0.2, 0.25) is 5.02 Å². The summed E-state index contributed by atoms with van der Waals surface area (Å²) in [6.07, 6.45) is 0.165. The van der Waals surface area contributed by atoms with E-state index in [0.717, 1.165) is 11.1 Å². The summed E-state index contributed by atoms with van der Waals surface area (Å²) in [7, 11) is 0. The van der Waals surface area contributed by atoms with Crippen molar-refractivity contribution >= 4 is 40.7 Å². The summed E-state index contributed by atoms with van der Waals surface area (Å²) in [4.78, 5) is 23.9. The maximum Gasteiger partial charge on any atom is 0.257 e. The Morgan fingerprint density at radius 1 is 1.04 bits per heavy atom. The van der Waals surface area contributed by atoms with Crippen LogP contribution in [0.15, 0.2) is 48.5 Å². The highest BCUT2D eigenvalue weighted by Gasteiger charge is 2.10. The van der Waals surface area contributed by atoms with Gasteiger partial charge in [-0.2, -0.15) is 0 Å². The van der Waals surface area contributed by atoms with Crippen molar-refractivity contribution in [2.75, 3.05) is 0 Å². The van der Waals surface area contributed by atoms with Crippen molar-refractivity contribution in [3.63, 3.8) is 0 Å². The molecule has 0 spiro atoms. The second-order valence-electron chi connectivity index (χ2n) is 5.07. The average molecular weight is 362 g/mol. The molecule has 0 fully saturated rings. The van der Waals surface area contributed by atoms with Crippen LogP contribution in [0.4, 0.5) is 0 Å². The summed E-state index contributed by atoms with van der Waals surface area (Å²) in [6, 6.07) is 14.1. The average Bonchev–Trinajstić information content (AvgIpc) is 2.55. The van der Waals surface area contributed by atoms with Gasteiger partial charge in [0.1, 0.15) is 0 Å². The highest BCUT2D eigenvalue weighted by Crippen LogP contribution is 2.09. The number of benzene rings is 2. The molecule has 0 unspecified atom stereocenters. The summed E-state index contributed by atoms with van der Waals surface area (Å²) in [6.45, 7) is 1.83. The SMILES string of the molecule is Cc1ccccc1C(=O)NC(=S)NNC(=O)Cc1ccc(Cl)cc1. The number of carbonyl (C=O) groups is 2. The molecule has 24 heavy (non-hydrogen) atoms. The zero-order chi connectivity index (χ0) is 17.5. The summed E-state index contributed by atoms with van der Waals surface area (Å²) < 4.78 is 0. The maximum atomic E-state index is 12.1. The Morgan fingerprint density at radius 3 is 2.38 bits per heavy atom. The molecule has 3 N–H and O–H groups in total. The molecule has 124 valence electrons. The summed E-state index contributed by atoms with van der Waals surface area (Å²) in [5.74, 6) is -0.623. The quantitative estimate of drug-likeness (QED) is 0.580. The lowest BCUT2D eigenvalue weighted by Crippen LogP contribution is -2.49. The number of carbonyl (C=O) groups excluding carboxylic acids is 2. The molecule has 7 heteroatoms. The maximum absolute atomic E-state index is 12.1. The van der Waals surface area contributed by atoms with Gasteiger partial charge < -0.3 is 0 Å². The van der Waals surface area contributed by atoms with Crippen LogP contribution in [0, 0.1) is 6.92 Å². The molecule has 0 saturated heterocycles. The van der Waals surface area contributed by atoms with Crippen molar-refractivity contribution < 1.29 is 9.59 Å². The van der Waals surface area contributed by atoms with Crippen molar-refractivity contribution in [3.05, 3.63) is 70.2 Å². The van der Waals surface area contributed by atoms with Crippen LogP contribution in [-0.2, 0) is 11.2 Å². The number of hydrogen-bond acceptors (Lipinski definition) is 3. The fourth-order valence-corrected chi connectivity index (χ4v) is 2.26. The van der Waals surface area contributed by atoms with Crippen LogP contribution in [-0.4, -0.2) is 16.9 Å². The molecule has 0 bridgehead atoms. The van der Waals surface area contributed by atoms with Gasteiger partial charge >= 0.3 is 0 Å². The van der Waals surface area contributed by atoms with E-state index in [-0.39, 0.29) is 23.3 Å².